The summed E-state index contributed by atoms with van der Waals surface area (Å²) < 4.78 is 0.711. The van der Waals surface area contributed by atoms with E-state index in [1.54, 1.807) is 6.76 Å². The molecule has 0 aliphatic carbocycles. The molecule has 0 atom stereocenters. The van der Waals surface area contributed by atoms with E-state index in [0.717, 1.165) is 13.1 Å². The summed E-state index contributed by atoms with van der Waals surface area (Å²) in [5, 5.41) is 0. The van der Waals surface area contributed by atoms with Gasteiger partial charge < -0.3 is 0 Å². The maximum absolute atomic E-state index is 2.67. The molecule has 0 spiro atoms. The third kappa shape index (κ3) is 5.54. The molecular weight excluding hydrogens is 482 g/mol. The fraction of sp³-hybridized carbons (Fsp3) is 0.552. The summed E-state index contributed by atoms with van der Waals surface area (Å²) >= 11 is -1.31. The predicted octanol–water partition coefficient (Wildman–Crippen LogP) is 8.49. The Hall–Kier alpha value is -1.23. The molecular formula is C29H44AsN2P. The van der Waals surface area contributed by atoms with Crippen LogP contribution < -0.4 is 9.80 Å². The fourth-order valence-corrected chi connectivity index (χ4v) is 17.5. The summed E-state index contributed by atoms with van der Waals surface area (Å²) in [6.07, 6.45) is 0. The number of rotatable bonds is 3. The zero-order chi connectivity index (χ0) is 24.9. The van der Waals surface area contributed by atoms with Crippen LogP contribution in [0.15, 0.2) is 24.3 Å². The molecule has 1 heterocycles. The summed E-state index contributed by atoms with van der Waals surface area (Å²) in [5.41, 5.74) is 12.6. The van der Waals surface area contributed by atoms with Crippen LogP contribution >= 0.6 is 6.76 Å². The molecule has 4 heteroatoms. The van der Waals surface area contributed by atoms with Crippen molar-refractivity contribution in [1.82, 2.24) is 0 Å². The van der Waals surface area contributed by atoms with Crippen molar-refractivity contribution in [1.29, 1.82) is 0 Å². The van der Waals surface area contributed by atoms with Crippen molar-refractivity contribution in [2.75, 3.05) is 22.9 Å². The van der Waals surface area contributed by atoms with Crippen LogP contribution in [-0.2, 0) is 0 Å². The van der Waals surface area contributed by atoms with E-state index in [-0.39, 0.29) is 0 Å². The van der Waals surface area contributed by atoms with Crippen molar-refractivity contribution >= 4 is 37.9 Å². The Morgan fingerprint density at radius 2 is 0.909 bits per heavy atom. The molecule has 0 bridgehead atoms. The Kier molecular flexibility index (Phi) is 7.54. The first-order valence-corrected chi connectivity index (χ1v) is 17.4. The molecule has 1 aliphatic heterocycles. The molecule has 0 radical (unpaired) electrons. The van der Waals surface area contributed by atoms with Gasteiger partial charge in [0.25, 0.3) is 0 Å². The number of nitrogens with zero attached hydrogens (tertiary/aromatic N) is 2. The molecule has 1 saturated heterocycles. The molecule has 1 aliphatic rings. The molecule has 0 N–H and O–H groups in total. The summed E-state index contributed by atoms with van der Waals surface area (Å²) in [5.74, 6) is 0. The minimum absolute atomic E-state index is 0.356. The van der Waals surface area contributed by atoms with Gasteiger partial charge in [-0.1, -0.05) is 0 Å². The van der Waals surface area contributed by atoms with Gasteiger partial charge in [0.15, 0.2) is 0 Å². The van der Waals surface area contributed by atoms with Crippen LogP contribution in [0.5, 0.6) is 0 Å². The molecule has 0 unspecified atom stereocenters. The molecule has 0 saturated carbocycles. The van der Waals surface area contributed by atoms with Crippen molar-refractivity contribution in [2.45, 2.75) is 91.5 Å². The maximum atomic E-state index is 2.67. The molecule has 0 amide bonds. The quantitative estimate of drug-likeness (QED) is 0.292. The monoisotopic (exact) mass is 526 g/mol. The molecule has 180 valence electrons. The fourth-order valence-electron chi connectivity index (χ4n) is 5.67. The van der Waals surface area contributed by atoms with Crippen molar-refractivity contribution in [2.24, 2.45) is 0 Å². The first-order valence-electron chi connectivity index (χ1n) is 12.2. The first-order chi connectivity index (χ1) is 15.1. The van der Waals surface area contributed by atoms with E-state index in [4.69, 9.17) is 0 Å². The number of aryl methyl sites for hydroxylation is 6. The van der Waals surface area contributed by atoms with Gasteiger partial charge in [0.2, 0.25) is 0 Å². The molecule has 1 fully saturated rings. The van der Waals surface area contributed by atoms with Gasteiger partial charge in [0.05, 0.1) is 0 Å². The SMILES string of the molecule is Cc1cc(C)c(N2CCN(c3c(C)cc(C)cc3C)C2=P[As](C(C)(C)C)C(C)(C)C)c(C)c1. The van der Waals surface area contributed by atoms with E-state index in [1.807, 2.05) is 0 Å². The Labute approximate surface area is 209 Å². The van der Waals surface area contributed by atoms with Gasteiger partial charge in [0.1, 0.15) is 0 Å². The van der Waals surface area contributed by atoms with E-state index in [2.05, 4.69) is 117 Å². The average Bonchev–Trinajstić information content (AvgIpc) is 2.99. The second-order valence-corrected chi connectivity index (χ2v) is 22.7. The predicted molar refractivity (Wildman–Crippen MR) is 153 cm³/mol. The number of hydrogen-bond acceptors (Lipinski definition) is 0. The molecule has 2 nitrogen and oxygen atoms in total. The average molecular weight is 527 g/mol. The van der Waals surface area contributed by atoms with E-state index in [0.29, 0.717) is 8.41 Å². The number of hydrogen-bond donors (Lipinski definition) is 0. The van der Waals surface area contributed by atoms with Crippen LogP contribution in [-0.4, -0.2) is 32.8 Å². The van der Waals surface area contributed by atoms with Crippen LogP contribution in [0.3, 0.4) is 0 Å². The number of benzene rings is 2. The van der Waals surface area contributed by atoms with Gasteiger partial charge in [-0.25, -0.2) is 0 Å². The summed E-state index contributed by atoms with van der Waals surface area (Å²) in [6, 6.07) is 9.41. The molecule has 33 heavy (non-hydrogen) atoms. The van der Waals surface area contributed by atoms with Crippen molar-refractivity contribution < 1.29 is 0 Å². The van der Waals surface area contributed by atoms with E-state index >= 15 is 0 Å². The van der Waals surface area contributed by atoms with Gasteiger partial charge in [0, 0.05) is 0 Å². The Morgan fingerprint density at radius 3 is 1.18 bits per heavy atom. The minimum atomic E-state index is -1.31. The van der Waals surface area contributed by atoms with Gasteiger partial charge in [-0.3, -0.25) is 0 Å². The van der Waals surface area contributed by atoms with Crippen LogP contribution in [0.25, 0.3) is 0 Å². The van der Waals surface area contributed by atoms with E-state index in [1.165, 1.54) is 50.3 Å². The van der Waals surface area contributed by atoms with Crippen LogP contribution in [0.1, 0.15) is 74.9 Å². The standard InChI is InChI=1S/C29H44AsN2P/c1-19-15-21(3)25(22(4)16-19)31-13-14-32(26-23(5)17-20(2)18-24(26)6)27(31)33-30(28(7,8)9)29(10,11)12/h15-18H,13-14H2,1-12H3. The summed E-state index contributed by atoms with van der Waals surface area (Å²) in [4.78, 5) is 5.34. The van der Waals surface area contributed by atoms with Crippen molar-refractivity contribution in [3.8, 4) is 0 Å². The molecule has 2 aromatic rings. The third-order valence-corrected chi connectivity index (χ3v) is 21.1. The Morgan fingerprint density at radius 1 is 0.606 bits per heavy atom. The molecule has 3 rings (SSSR count). The van der Waals surface area contributed by atoms with E-state index in [9.17, 15) is 0 Å². The Balaban J connectivity index is 2.27. The van der Waals surface area contributed by atoms with E-state index < -0.39 is 14.2 Å². The zero-order valence-electron chi connectivity index (χ0n) is 23.0. The van der Waals surface area contributed by atoms with Crippen LogP contribution in [0.2, 0.25) is 8.41 Å². The molecule has 0 aromatic heterocycles. The van der Waals surface area contributed by atoms with Crippen molar-refractivity contribution in [3.63, 3.8) is 0 Å². The molecule has 2 aromatic carbocycles. The summed E-state index contributed by atoms with van der Waals surface area (Å²) in [6.45, 7) is 32.1. The first kappa shape index (κ1) is 26.4. The second kappa shape index (κ2) is 9.43. The topological polar surface area (TPSA) is 6.48 Å². The second-order valence-electron chi connectivity index (χ2n) is 11.9. The van der Waals surface area contributed by atoms with Gasteiger partial charge in [-0.05, 0) is 0 Å². The van der Waals surface area contributed by atoms with Crippen molar-refractivity contribution in [3.05, 3.63) is 57.6 Å². The van der Waals surface area contributed by atoms with Gasteiger partial charge >= 0.3 is 210 Å². The van der Waals surface area contributed by atoms with Crippen LogP contribution in [0, 0.1) is 41.5 Å². The van der Waals surface area contributed by atoms with Crippen LogP contribution in [0.4, 0.5) is 11.4 Å². The van der Waals surface area contributed by atoms with Gasteiger partial charge in [-0.15, -0.1) is 0 Å². The summed E-state index contributed by atoms with van der Waals surface area (Å²) in [7, 11) is 0. The Bertz CT molecular complexity index is 944. The number of anilines is 2. The van der Waals surface area contributed by atoms with Gasteiger partial charge in [-0.2, -0.15) is 0 Å². The zero-order valence-corrected chi connectivity index (χ0v) is 25.8. The third-order valence-electron chi connectivity index (χ3n) is 6.30. The normalized spacial score (nSPS) is 15.4.